The molecule has 0 amide bonds. The van der Waals surface area contributed by atoms with Gasteiger partial charge in [-0.25, -0.2) is 9.59 Å². The highest BCUT2D eigenvalue weighted by molar-refractivity contribution is 5.71. The smallest absolute Gasteiger partial charge is 0.334 e. The number of aromatic amines is 1. The second-order valence-corrected chi connectivity index (χ2v) is 2.27. The van der Waals surface area contributed by atoms with Crippen molar-refractivity contribution in [2.45, 2.75) is 12.6 Å². The molecule has 0 saturated heterocycles. The van der Waals surface area contributed by atoms with E-state index in [-0.39, 0.29) is 6.54 Å². The first-order valence-electron chi connectivity index (χ1n) is 3.26. The van der Waals surface area contributed by atoms with Gasteiger partial charge >= 0.3 is 11.7 Å². The van der Waals surface area contributed by atoms with Gasteiger partial charge < -0.3 is 15.2 Å². The molecule has 1 unspecified atom stereocenters. The van der Waals surface area contributed by atoms with E-state index < -0.39 is 17.8 Å². The topological polar surface area (TPSA) is 95.3 Å². The Labute approximate surface area is 67.1 Å². The number of carboxylic acid groups (broad SMARTS) is 1. The average Bonchev–Trinajstić information content (AvgIpc) is 2.36. The number of aliphatic hydroxyl groups excluding tert-OH is 1. The van der Waals surface area contributed by atoms with Crippen molar-refractivity contribution in [3.05, 3.63) is 22.9 Å². The van der Waals surface area contributed by atoms with Crippen LogP contribution in [0.5, 0.6) is 0 Å². The minimum Gasteiger partial charge on any atom is -0.479 e. The number of carboxylic acids is 1. The molecule has 66 valence electrons. The number of carbonyl (C=O) groups is 1. The number of H-pyrrole nitrogens is 1. The molecule has 6 nitrogen and oxygen atoms in total. The van der Waals surface area contributed by atoms with E-state index in [1.165, 1.54) is 12.4 Å². The summed E-state index contributed by atoms with van der Waals surface area (Å²) in [5.74, 6) is -1.34. The Hall–Kier alpha value is -1.56. The lowest BCUT2D eigenvalue weighted by molar-refractivity contribution is -0.147. The highest BCUT2D eigenvalue weighted by atomic mass is 16.4. The van der Waals surface area contributed by atoms with Gasteiger partial charge in [0.25, 0.3) is 0 Å². The number of imidazole rings is 1. The maximum Gasteiger partial charge on any atom is 0.334 e. The van der Waals surface area contributed by atoms with E-state index in [0.29, 0.717) is 0 Å². The van der Waals surface area contributed by atoms with E-state index in [9.17, 15) is 9.59 Å². The molecule has 1 aromatic heterocycles. The minimum absolute atomic E-state index is 0.238. The van der Waals surface area contributed by atoms with Crippen LogP contribution in [0.4, 0.5) is 0 Å². The van der Waals surface area contributed by atoms with Gasteiger partial charge in [0.05, 0.1) is 6.54 Å². The summed E-state index contributed by atoms with van der Waals surface area (Å²) in [6.07, 6.45) is 1.20. The van der Waals surface area contributed by atoms with Crippen molar-refractivity contribution < 1.29 is 15.0 Å². The molecule has 1 rings (SSSR count). The SMILES string of the molecule is O=C(O)C(O)Cn1cc[nH]c1=O. The quantitative estimate of drug-likeness (QED) is 0.523. The van der Waals surface area contributed by atoms with Crippen molar-refractivity contribution in [2.75, 3.05) is 0 Å². The second kappa shape index (κ2) is 3.22. The maximum absolute atomic E-state index is 10.8. The van der Waals surface area contributed by atoms with E-state index in [1.807, 2.05) is 0 Å². The molecule has 6 heteroatoms. The monoisotopic (exact) mass is 172 g/mol. The van der Waals surface area contributed by atoms with Gasteiger partial charge in [-0.15, -0.1) is 0 Å². The fourth-order valence-electron chi connectivity index (χ4n) is 0.757. The van der Waals surface area contributed by atoms with Crippen LogP contribution in [-0.4, -0.2) is 31.8 Å². The van der Waals surface area contributed by atoms with Gasteiger partial charge in [-0.05, 0) is 0 Å². The third-order valence-corrected chi connectivity index (χ3v) is 1.38. The average molecular weight is 172 g/mol. The van der Waals surface area contributed by atoms with Crippen LogP contribution in [-0.2, 0) is 11.3 Å². The lowest BCUT2D eigenvalue weighted by Gasteiger charge is -2.03. The highest BCUT2D eigenvalue weighted by Crippen LogP contribution is 1.87. The summed E-state index contributed by atoms with van der Waals surface area (Å²) >= 11 is 0. The first-order valence-corrected chi connectivity index (χ1v) is 3.26. The van der Waals surface area contributed by atoms with E-state index >= 15 is 0 Å². The molecular weight excluding hydrogens is 164 g/mol. The first kappa shape index (κ1) is 8.54. The van der Waals surface area contributed by atoms with Crippen molar-refractivity contribution in [1.82, 2.24) is 9.55 Å². The minimum atomic E-state index is -1.54. The highest BCUT2D eigenvalue weighted by Gasteiger charge is 2.13. The zero-order valence-corrected chi connectivity index (χ0v) is 6.10. The van der Waals surface area contributed by atoms with Gasteiger partial charge in [0, 0.05) is 12.4 Å². The largest absolute Gasteiger partial charge is 0.479 e. The van der Waals surface area contributed by atoms with Crippen LogP contribution < -0.4 is 5.69 Å². The summed E-state index contributed by atoms with van der Waals surface area (Å²) in [6.45, 7) is -0.238. The predicted molar refractivity (Wildman–Crippen MR) is 38.7 cm³/mol. The third kappa shape index (κ3) is 1.73. The number of hydrogen-bond acceptors (Lipinski definition) is 3. The van der Waals surface area contributed by atoms with Crippen molar-refractivity contribution in [2.24, 2.45) is 0 Å². The number of rotatable bonds is 3. The van der Waals surface area contributed by atoms with Gasteiger partial charge in [-0.3, -0.25) is 4.57 Å². The number of nitrogens with one attached hydrogen (secondary N) is 1. The number of hydrogen-bond donors (Lipinski definition) is 3. The Balaban J connectivity index is 2.70. The normalized spacial score (nSPS) is 12.8. The van der Waals surface area contributed by atoms with Crippen LogP contribution in [0.15, 0.2) is 17.2 Å². The molecule has 0 saturated carbocycles. The van der Waals surface area contributed by atoms with E-state index in [1.54, 1.807) is 0 Å². The van der Waals surface area contributed by atoms with Crippen LogP contribution in [0, 0.1) is 0 Å². The Morgan fingerprint density at radius 1 is 1.75 bits per heavy atom. The Morgan fingerprint density at radius 3 is 2.83 bits per heavy atom. The molecule has 0 aliphatic heterocycles. The fraction of sp³-hybridized carbons (Fsp3) is 0.333. The van der Waals surface area contributed by atoms with E-state index in [0.717, 1.165) is 4.57 Å². The zero-order valence-electron chi connectivity index (χ0n) is 6.10. The fourth-order valence-corrected chi connectivity index (χ4v) is 0.757. The Kier molecular flexibility index (Phi) is 2.29. The van der Waals surface area contributed by atoms with Gasteiger partial charge in [0.2, 0.25) is 0 Å². The molecule has 1 heterocycles. The molecule has 3 N–H and O–H groups in total. The number of aliphatic hydroxyl groups is 1. The molecule has 0 aliphatic carbocycles. The van der Waals surface area contributed by atoms with Crippen molar-refractivity contribution in [3.63, 3.8) is 0 Å². The van der Waals surface area contributed by atoms with Gasteiger partial charge in [0.15, 0.2) is 6.10 Å². The third-order valence-electron chi connectivity index (χ3n) is 1.38. The predicted octanol–water partition coefficient (Wildman–Crippen LogP) is -1.38. The van der Waals surface area contributed by atoms with Crippen LogP contribution in [0.1, 0.15) is 0 Å². The molecule has 0 aromatic carbocycles. The summed E-state index contributed by atoms with van der Waals surface area (Å²) in [5, 5.41) is 17.1. The lowest BCUT2D eigenvalue weighted by Crippen LogP contribution is -2.29. The molecule has 0 fully saturated rings. The summed E-state index contributed by atoms with van der Waals surface area (Å²) in [4.78, 5) is 23.3. The molecule has 0 radical (unpaired) electrons. The summed E-state index contributed by atoms with van der Waals surface area (Å²) in [7, 11) is 0. The number of nitrogens with zero attached hydrogens (tertiary/aromatic N) is 1. The van der Waals surface area contributed by atoms with Gasteiger partial charge in [0.1, 0.15) is 0 Å². The zero-order chi connectivity index (χ0) is 9.14. The molecule has 0 aliphatic rings. The number of aromatic nitrogens is 2. The van der Waals surface area contributed by atoms with Crippen LogP contribution in [0.3, 0.4) is 0 Å². The first-order chi connectivity index (χ1) is 5.61. The lowest BCUT2D eigenvalue weighted by atomic mass is 10.3. The standard InChI is InChI=1S/C6H8N2O4/c9-4(5(10)11)3-8-2-1-7-6(8)12/h1-2,4,9H,3H2,(H,7,12)(H,10,11). The van der Waals surface area contributed by atoms with Crippen molar-refractivity contribution >= 4 is 5.97 Å². The van der Waals surface area contributed by atoms with Gasteiger partial charge in [-0.2, -0.15) is 0 Å². The van der Waals surface area contributed by atoms with Crippen LogP contribution >= 0.6 is 0 Å². The van der Waals surface area contributed by atoms with Crippen LogP contribution in [0.25, 0.3) is 0 Å². The Morgan fingerprint density at radius 2 is 2.42 bits per heavy atom. The molecule has 0 spiro atoms. The Bertz CT molecular complexity index is 326. The molecule has 0 bridgehead atoms. The maximum atomic E-state index is 10.8. The van der Waals surface area contributed by atoms with Crippen molar-refractivity contribution in [3.8, 4) is 0 Å². The molecular formula is C6H8N2O4. The van der Waals surface area contributed by atoms with E-state index in [2.05, 4.69) is 4.98 Å². The second-order valence-electron chi connectivity index (χ2n) is 2.27. The van der Waals surface area contributed by atoms with E-state index in [4.69, 9.17) is 10.2 Å². The molecule has 1 atom stereocenters. The summed E-state index contributed by atoms with van der Waals surface area (Å²) in [6, 6.07) is 0. The molecule has 12 heavy (non-hydrogen) atoms. The molecule has 1 aromatic rings. The van der Waals surface area contributed by atoms with Crippen LogP contribution in [0.2, 0.25) is 0 Å². The summed E-state index contributed by atoms with van der Waals surface area (Å²) < 4.78 is 1.08. The number of aliphatic carboxylic acids is 1. The summed E-state index contributed by atoms with van der Waals surface area (Å²) in [5.41, 5.74) is -0.435. The van der Waals surface area contributed by atoms with Gasteiger partial charge in [-0.1, -0.05) is 0 Å². The van der Waals surface area contributed by atoms with Crippen molar-refractivity contribution in [1.29, 1.82) is 0 Å².